The first-order chi connectivity index (χ1) is 19.7. The summed E-state index contributed by atoms with van der Waals surface area (Å²) in [6, 6.07) is 4.20. The third-order valence-electron chi connectivity index (χ3n) is 7.04. The van der Waals surface area contributed by atoms with E-state index < -0.39 is 29.9 Å². The number of unbranched alkanes of at least 4 members (excludes halogenated alkanes) is 6. The van der Waals surface area contributed by atoms with Crippen LogP contribution in [-0.2, 0) is 25.6 Å². The van der Waals surface area contributed by atoms with E-state index in [1.54, 1.807) is 30.4 Å². The molecule has 41 heavy (non-hydrogen) atoms. The Hall–Kier alpha value is -3.62. The second-order valence-corrected chi connectivity index (χ2v) is 11.0. The van der Waals surface area contributed by atoms with Gasteiger partial charge in [-0.05, 0) is 36.5 Å². The summed E-state index contributed by atoms with van der Waals surface area (Å²) >= 11 is 0. The maximum atomic E-state index is 13.5. The molecule has 9 heteroatoms. The van der Waals surface area contributed by atoms with E-state index in [-0.39, 0.29) is 29.9 Å². The molecule has 2 rings (SSSR count). The summed E-state index contributed by atoms with van der Waals surface area (Å²) in [5.41, 5.74) is 0.763. The van der Waals surface area contributed by atoms with E-state index in [1.165, 1.54) is 37.5 Å². The Bertz CT molecular complexity index is 1040. The summed E-state index contributed by atoms with van der Waals surface area (Å²) in [4.78, 5) is 51.6. The smallest absolute Gasteiger partial charge is 0.247 e. The van der Waals surface area contributed by atoms with Crippen LogP contribution < -0.4 is 21.3 Å². The number of carbonyl (C=O) groups excluding carboxylic acids is 4. The minimum absolute atomic E-state index is 0.0134. The van der Waals surface area contributed by atoms with Crippen LogP contribution in [-0.4, -0.2) is 53.4 Å². The zero-order valence-corrected chi connectivity index (χ0v) is 24.8. The molecule has 4 amide bonds. The Balaban J connectivity index is 2.12. The van der Waals surface area contributed by atoms with Crippen LogP contribution in [0.4, 0.5) is 0 Å². The summed E-state index contributed by atoms with van der Waals surface area (Å²) in [7, 11) is 0. The molecule has 0 spiro atoms. The molecule has 1 aromatic carbocycles. The summed E-state index contributed by atoms with van der Waals surface area (Å²) in [5.74, 6) is -1.20. The van der Waals surface area contributed by atoms with Gasteiger partial charge in [0, 0.05) is 31.5 Å². The van der Waals surface area contributed by atoms with Crippen molar-refractivity contribution in [3.8, 4) is 5.75 Å². The van der Waals surface area contributed by atoms with Crippen LogP contribution >= 0.6 is 0 Å². The van der Waals surface area contributed by atoms with Gasteiger partial charge in [-0.3, -0.25) is 19.2 Å². The van der Waals surface area contributed by atoms with Gasteiger partial charge in [-0.2, -0.15) is 0 Å². The Morgan fingerprint density at radius 2 is 1.68 bits per heavy atom. The topological polar surface area (TPSA) is 137 Å². The third-order valence-corrected chi connectivity index (χ3v) is 7.04. The number of benzene rings is 1. The first-order valence-electron chi connectivity index (χ1n) is 15.0. The maximum absolute atomic E-state index is 13.5. The first-order valence-corrected chi connectivity index (χ1v) is 15.0. The van der Waals surface area contributed by atoms with Crippen molar-refractivity contribution >= 4 is 23.6 Å². The largest absolute Gasteiger partial charge is 0.508 e. The van der Waals surface area contributed by atoms with Crippen LogP contribution in [0.15, 0.2) is 48.6 Å². The maximum Gasteiger partial charge on any atom is 0.247 e. The molecule has 0 bridgehead atoms. The lowest BCUT2D eigenvalue weighted by Crippen LogP contribution is -2.55. The second kappa shape index (κ2) is 18.7. The lowest BCUT2D eigenvalue weighted by molar-refractivity contribution is -0.131. The van der Waals surface area contributed by atoms with Gasteiger partial charge in [-0.15, -0.1) is 0 Å². The number of amides is 4. The number of aromatic hydroxyl groups is 1. The molecule has 9 nitrogen and oxygen atoms in total. The number of rotatable bonds is 14. The number of carbonyl (C=O) groups is 4. The van der Waals surface area contributed by atoms with Crippen molar-refractivity contribution in [2.45, 2.75) is 103 Å². The van der Waals surface area contributed by atoms with Crippen LogP contribution in [0.25, 0.3) is 0 Å². The molecule has 0 saturated carbocycles. The molecule has 1 aliphatic heterocycles. The van der Waals surface area contributed by atoms with Crippen molar-refractivity contribution in [1.29, 1.82) is 0 Å². The van der Waals surface area contributed by atoms with Crippen LogP contribution in [0.5, 0.6) is 5.75 Å². The van der Waals surface area contributed by atoms with Crippen molar-refractivity contribution in [2.24, 2.45) is 5.92 Å². The van der Waals surface area contributed by atoms with E-state index in [1.807, 2.05) is 13.8 Å². The molecular formula is C32H48N4O5. The van der Waals surface area contributed by atoms with Crippen molar-refractivity contribution in [3.05, 3.63) is 54.1 Å². The summed E-state index contributed by atoms with van der Waals surface area (Å²) in [5, 5.41) is 21.0. The van der Waals surface area contributed by atoms with Gasteiger partial charge in [0.05, 0.1) is 0 Å². The predicted molar refractivity (Wildman–Crippen MR) is 161 cm³/mol. The van der Waals surface area contributed by atoms with Gasteiger partial charge in [0.15, 0.2) is 0 Å². The number of hydrogen-bond donors (Lipinski definition) is 5. The zero-order chi connectivity index (χ0) is 30.0. The van der Waals surface area contributed by atoms with Gasteiger partial charge >= 0.3 is 0 Å². The van der Waals surface area contributed by atoms with E-state index >= 15 is 0 Å². The quantitative estimate of drug-likeness (QED) is 0.172. The van der Waals surface area contributed by atoms with E-state index in [2.05, 4.69) is 28.2 Å². The molecule has 0 fully saturated rings. The number of phenolic OH excluding ortho intramolecular Hbond substituents is 1. The van der Waals surface area contributed by atoms with E-state index in [9.17, 15) is 24.3 Å². The van der Waals surface area contributed by atoms with Gasteiger partial charge in [-0.25, -0.2) is 0 Å². The Morgan fingerprint density at radius 1 is 1.00 bits per heavy atom. The lowest BCUT2D eigenvalue weighted by Gasteiger charge is -2.25. The SMILES string of the molecule is CCCCCCCCCC(=O)N[C@@H](Cc1ccc(O)cc1)C(=O)N[C@H]1/C=C/CCNC(=O)/C=C/[C@H](C(C)C)NC1=O. The fourth-order valence-corrected chi connectivity index (χ4v) is 4.49. The lowest BCUT2D eigenvalue weighted by atomic mass is 10.0. The first kappa shape index (κ1) is 33.6. The zero-order valence-electron chi connectivity index (χ0n) is 24.8. The van der Waals surface area contributed by atoms with Gasteiger partial charge in [0.2, 0.25) is 23.6 Å². The minimum Gasteiger partial charge on any atom is -0.508 e. The molecule has 0 radical (unpaired) electrons. The highest BCUT2D eigenvalue weighted by Gasteiger charge is 2.27. The van der Waals surface area contributed by atoms with Crippen molar-refractivity contribution in [1.82, 2.24) is 21.3 Å². The van der Waals surface area contributed by atoms with Crippen LogP contribution in [0.1, 0.15) is 84.1 Å². The van der Waals surface area contributed by atoms with Gasteiger partial charge in [0.1, 0.15) is 17.8 Å². The molecule has 0 aliphatic carbocycles. The molecule has 5 N–H and O–H groups in total. The average Bonchev–Trinajstić information content (AvgIpc) is 2.93. The Morgan fingerprint density at radius 3 is 2.37 bits per heavy atom. The van der Waals surface area contributed by atoms with E-state index in [4.69, 9.17) is 0 Å². The molecule has 0 unspecified atom stereocenters. The average molecular weight is 569 g/mol. The molecule has 226 valence electrons. The molecule has 1 heterocycles. The fourth-order valence-electron chi connectivity index (χ4n) is 4.49. The highest BCUT2D eigenvalue weighted by atomic mass is 16.3. The minimum atomic E-state index is -0.963. The number of hydrogen-bond acceptors (Lipinski definition) is 5. The monoisotopic (exact) mass is 568 g/mol. The van der Waals surface area contributed by atoms with Gasteiger partial charge < -0.3 is 26.4 Å². The summed E-state index contributed by atoms with van der Waals surface area (Å²) < 4.78 is 0. The Kier molecular flexibility index (Phi) is 15.3. The molecule has 0 aromatic heterocycles. The van der Waals surface area contributed by atoms with E-state index in [0.717, 1.165) is 31.2 Å². The fraction of sp³-hybridized carbons (Fsp3) is 0.562. The normalized spacial score (nSPS) is 20.1. The molecule has 0 saturated heterocycles. The van der Waals surface area contributed by atoms with Crippen LogP contribution in [0.3, 0.4) is 0 Å². The molecule has 1 aromatic rings. The number of nitrogens with one attached hydrogen (secondary N) is 4. The predicted octanol–water partition coefficient (Wildman–Crippen LogP) is 3.82. The Labute approximate surface area is 244 Å². The van der Waals surface area contributed by atoms with Crippen molar-refractivity contribution < 1.29 is 24.3 Å². The molecular weight excluding hydrogens is 520 g/mol. The van der Waals surface area contributed by atoms with Crippen molar-refractivity contribution in [2.75, 3.05) is 6.54 Å². The highest BCUT2D eigenvalue weighted by molar-refractivity contribution is 5.93. The van der Waals surface area contributed by atoms with Gasteiger partial charge in [0.25, 0.3) is 0 Å². The van der Waals surface area contributed by atoms with Crippen LogP contribution in [0.2, 0.25) is 0 Å². The summed E-state index contributed by atoms with van der Waals surface area (Å²) in [6.07, 6.45) is 15.0. The van der Waals surface area contributed by atoms with Gasteiger partial charge in [-0.1, -0.05) is 89.7 Å². The molecule has 3 atom stereocenters. The number of phenols is 1. The van der Waals surface area contributed by atoms with E-state index in [0.29, 0.717) is 19.4 Å². The summed E-state index contributed by atoms with van der Waals surface area (Å²) in [6.45, 7) is 6.43. The third kappa shape index (κ3) is 13.5. The highest BCUT2D eigenvalue weighted by Crippen LogP contribution is 2.13. The second-order valence-electron chi connectivity index (χ2n) is 11.0. The standard InChI is InChI=1S/C32H48N4O5/c1-4-5-6-7-8-9-10-14-30(39)34-28(22-24-15-17-25(37)18-16-24)32(41)36-27-13-11-12-21-33-29(38)20-19-26(23(2)3)35-31(27)40/h11,13,15-20,23,26-28,37H,4-10,12,14,21-22H2,1-3H3,(H,33,38)(H,34,39)(H,35,40)(H,36,41)/b13-11+,20-19+/t26-,27+,28+/m1/s1. The van der Waals surface area contributed by atoms with Crippen molar-refractivity contribution in [3.63, 3.8) is 0 Å². The van der Waals surface area contributed by atoms with Crippen LogP contribution in [0, 0.1) is 5.92 Å². The molecule has 1 aliphatic rings.